The highest BCUT2D eigenvalue weighted by molar-refractivity contribution is 5.61. The van der Waals surface area contributed by atoms with Gasteiger partial charge in [-0.1, -0.05) is 13.8 Å². The van der Waals surface area contributed by atoms with Crippen LogP contribution in [-0.4, -0.2) is 26.8 Å². The highest BCUT2D eigenvalue weighted by Gasteiger charge is 2.17. The van der Waals surface area contributed by atoms with Crippen LogP contribution in [0.5, 0.6) is 17.2 Å². The lowest BCUT2D eigenvalue weighted by molar-refractivity contribution is 0.174. The van der Waals surface area contributed by atoms with Crippen molar-refractivity contribution in [1.29, 1.82) is 0 Å². The zero-order chi connectivity index (χ0) is 18.3. The molecule has 0 unspecified atom stereocenters. The van der Waals surface area contributed by atoms with Crippen LogP contribution in [0.25, 0.3) is 11.4 Å². The number of phenolic OH excluding ortho intramolecular Hbond substituents is 1. The van der Waals surface area contributed by atoms with E-state index in [0.717, 1.165) is 5.56 Å². The first-order valence-corrected chi connectivity index (χ1v) is 8.20. The summed E-state index contributed by atoms with van der Waals surface area (Å²) in [6.07, 6.45) is 0. The molecule has 0 saturated carbocycles. The lowest BCUT2D eigenvalue weighted by Crippen LogP contribution is -2.24. The monoisotopic (exact) mass is 354 g/mol. The normalized spacial score (nSPS) is 12.6. The molecule has 0 amide bonds. The first-order chi connectivity index (χ1) is 12.5. The number of hydrogen-bond acceptors (Lipinski definition) is 6. The highest BCUT2D eigenvalue weighted by atomic mass is 16.7. The minimum atomic E-state index is -0.406. The van der Waals surface area contributed by atoms with Crippen molar-refractivity contribution >= 4 is 5.69 Å². The molecule has 1 aliphatic heterocycles. The van der Waals surface area contributed by atoms with Gasteiger partial charge in [-0.25, -0.2) is 9.89 Å². The van der Waals surface area contributed by atoms with Crippen molar-refractivity contribution in [3.05, 3.63) is 52.4 Å². The van der Waals surface area contributed by atoms with Crippen LogP contribution in [-0.2, 0) is 0 Å². The van der Waals surface area contributed by atoms with E-state index >= 15 is 0 Å². The van der Waals surface area contributed by atoms with Crippen molar-refractivity contribution in [2.75, 3.05) is 12.2 Å². The van der Waals surface area contributed by atoms with E-state index in [4.69, 9.17) is 9.47 Å². The lowest BCUT2D eigenvalue weighted by Gasteiger charge is -2.12. The van der Waals surface area contributed by atoms with E-state index < -0.39 is 5.69 Å². The molecule has 2 heterocycles. The Morgan fingerprint density at radius 1 is 1.19 bits per heavy atom. The number of aromatic amines is 1. The zero-order valence-electron chi connectivity index (χ0n) is 14.3. The van der Waals surface area contributed by atoms with Crippen LogP contribution in [0.3, 0.4) is 0 Å². The molecule has 0 atom stereocenters. The lowest BCUT2D eigenvalue weighted by atomic mass is 9.99. The number of benzene rings is 2. The summed E-state index contributed by atoms with van der Waals surface area (Å²) < 4.78 is 12.0. The molecule has 0 bridgehead atoms. The molecule has 4 rings (SSSR count). The fourth-order valence-corrected chi connectivity index (χ4v) is 2.85. The van der Waals surface area contributed by atoms with Crippen molar-refractivity contribution in [2.24, 2.45) is 0 Å². The minimum Gasteiger partial charge on any atom is -0.508 e. The number of nitrogens with zero attached hydrogens (tertiary/aromatic N) is 2. The van der Waals surface area contributed by atoms with Gasteiger partial charge in [0.15, 0.2) is 17.3 Å². The number of fused-ring (bicyclic) bond motifs is 1. The van der Waals surface area contributed by atoms with E-state index in [2.05, 4.69) is 15.6 Å². The molecule has 1 aliphatic rings. The second kappa shape index (κ2) is 6.14. The van der Waals surface area contributed by atoms with Crippen molar-refractivity contribution in [3.63, 3.8) is 0 Å². The van der Waals surface area contributed by atoms with Gasteiger partial charge in [0.2, 0.25) is 6.79 Å². The van der Waals surface area contributed by atoms with E-state index in [0.29, 0.717) is 28.6 Å². The van der Waals surface area contributed by atoms with Crippen molar-refractivity contribution in [3.8, 4) is 28.6 Å². The maximum absolute atomic E-state index is 12.2. The van der Waals surface area contributed by atoms with Gasteiger partial charge < -0.3 is 14.6 Å². The molecule has 134 valence electrons. The maximum atomic E-state index is 12.2. The first-order valence-electron chi connectivity index (χ1n) is 8.20. The largest absolute Gasteiger partial charge is 0.508 e. The van der Waals surface area contributed by atoms with Gasteiger partial charge in [0, 0.05) is 11.6 Å². The summed E-state index contributed by atoms with van der Waals surface area (Å²) in [4.78, 5) is 12.2. The SMILES string of the molecule is CC(C)c1cc(-c2n[nH]c(=O)n2Nc2ccc3c(c2)OCO3)ccc1O. The molecule has 0 aliphatic carbocycles. The third-order valence-corrected chi connectivity index (χ3v) is 4.19. The predicted octanol–water partition coefficient (Wildman–Crippen LogP) is 2.67. The molecule has 0 fully saturated rings. The number of aromatic hydroxyl groups is 1. The maximum Gasteiger partial charge on any atom is 0.362 e. The Balaban J connectivity index is 1.72. The van der Waals surface area contributed by atoms with E-state index in [9.17, 15) is 9.90 Å². The summed E-state index contributed by atoms with van der Waals surface area (Å²) in [5.41, 5.74) is 4.76. The molecular weight excluding hydrogens is 336 g/mol. The van der Waals surface area contributed by atoms with E-state index in [-0.39, 0.29) is 18.5 Å². The van der Waals surface area contributed by atoms with Gasteiger partial charge in [-0.15, -0.1) is 0 Å². The smallest absolute Gasteiger partial charge is 0.362 e. The van der Waals surface area contributed by atoms with E-state index in [1.807, 2.05) is 19.9 Å². The number of hydrogen-bond donors (Lipinski definition) is 3. The Hall–Kier alpha value is -3.42. The Morgan fingerprint density at radius 3 is 2.81 bits per heavy atom. The van der Waals surface area contributed by atoms with Crippen LogP contribution in [0.15, 0.2) is 41.2 Å². The molecule has 8 nitrogen and oxygen atoms in total. The van der Waals surface area contributed by atoms with Crippen LogP contribution in [0.1, 0.15) is 25.3 Å². The minimum absolute atomic E-state index is 0.135. The van der Waals surface area contributed by atoms with Gasteiger partial charge in [0.05, 0.1) is 5.69 Å². The van der Waals surface area contributed by atoms with Crippen LogP contribution in [0.4, 0.5) is 5.69 Å². The second-order valence-corrected chi connectivity index (χ2v) is 6.30. The molecule has 8 heteroatoms. The Morgan fingerprint density at radius 2 is 2.00 bits per heavy atom. The third kappa shape index (κ3) is 2.75. The second-order valence-electron chi connectivity index (χ2n) is 6.30. The number of H-pyrrole nitrogens is 1. The van der Waals surface area contributed by atoms with Crippen LogP contribution >= 0.6 is 0 Å². The van der Waals surface area contributed by atoms with Crippen LogP contribution in [0, 0.1) is 0 Å². The number of rotatable bonds is 4. The predicted molar refractivity (Wildman–Crippen MR) is 95.6 cm³/mol. The Kier molecular flexibility index (Phi) is 3.80. The van der Waals surface area contributed by atoms with Gasteiger partial charge in [-0.05, 0) is 41.8 Å². The fourth-order valence-electron chi connectivity index (χ4n) is 2.85. The third-order valence-electron chi connectivity index (χ3n) is 4.19. The number of nitrogens with one attached hydrogen (secondary N) is 2. The van der Waals surface area contributed by atoms with Crippen molar-refractivity contribution < 1.29 is 14.6 Å². The molecule has 3 N–H and O–H groups in total. The molecule has 0 radical (unpaired) electrons. The summed E-state index contributed by atoms with van der Waals surface area (Å²) >= 11 is 0. The topological polar surface area (TPSA) is 101 Å². The van der Waals surface area contributed by atoms with Crippen LogP contribution in [0.2, 0.25) is 0 Å². The van der Waals surface area contributed by atoms with Crippen LogP contribution < -0.4 is 20.6 Å². The number of anilines is 1. The highest BCUT2D eigenvalue weighted by Crippen LogP contribution is 2.34. The van der Waals surface area contributed by atoms with Gasteiger partial charge in [-0.2, -0.15) is 9.77 Å². The molecule has 0 saturated heterocycles. The fraction of sp³-hybridized carbons (Fsp3) is 0.222. The van der Waals surface area contributed by atoms with Gasteiger partial charge >= 0.3 is 5.69 Å². The average molecular weight is 354 g/mol. The molecule has 3 aromatic rings. The van der Waals surface area contributed by atoms with Gasteiger partial charge in [0.25, 0.3) is 0 Å². The van der Waals surface area contributed by atoms with E-state index in [1.165, 1.54) is 4.68 Å². The number of aromatic nitrogens is 3. The Bertz CT molecular complexity index is 1020. The van der Waals surface area contributed by atoms with Crippen molar-refractivity contribution in [2.45, 2.75) is 19.8 Å². The molecule has 0 spiro atoms. The first kappa shape index (κ1) is 16.1. The van der Waals surface area contributed by atoms with Crippen molar-refractivity contribution in [1.82, 2.24) is 14.9 Å². The Labute approximate surface area is 149 Å². The van der Waals surface area contributed by atoms with Gasteiger partial charge in [-0.3, -0.25) is 5.43 Å². The van der Waals surface area contributed by atoms with Gasteiger partial charge in [0.1, 0.15) is 5.75 Å². The average Bonchev–Trinajstić information content (AvgIpc) is 3.22. The zero-order valence-corrected chi connectivity index (χ0v) is 14.3. The number of phenols is 1. The summed E-state index contributed by atoms with van der Waals surface area (Å²) in [5, 5.41) is 16.6. The van der Waals surface area contributed by atoms with E-state index in [1.54, 1.807) is 30.3 Å². The summed E-state index contributed by atoms with van der Waals surface area (Å²) in [6.45, 7) is 4.16. The standard InChI is InChI=1S/C18H18N4O4/c1-10(2)13-7-11(3-5-14(13)23)17-19-20-18(24)22(17)21-12-4-6-15-16(8-12)26-9-25-15/h3-8,10,21,23H,9H2,1-2H3,(H,20,24). The molecule has 1 aromatic heterocycles. The summed E-state index contributed by atoms with van der Waals surface area (Å²) in [7, 11) is 0. The number of ether oxygens (including phenoxy) is 2. The molecular formula is C18H18N4O4. The molecule has 26 heavy (non-hydrogen) atoms. The quantitative estimate of drug-likeness (QED) is 0.666. The summed E-state index contributed by atoms with van der Waals surface area (Å²) in [5.74, 6) is 2.04. The molecule has 2 aromatic carbocycles. The summed E-state index contributed by atoms with van der Waals surface area (Å²) in [6, 6.07) is 10.5.